The van der Waals surface area contributed by atoms with Gasteiger partial charge in [0, 0.05) is 36.6 Å². The summed E-state index contributed by atoms with van der Waals surface area (Å²) < 4.78 is 29.8. The van der Waals surface area contributed by atoms with Crippen LogP contribution in [0.15, 0.2) is 54.7 Å². The number of halogens is 4. The van der Waals surface area contributed by atoms with Crippen molar-refractivity contribution in [2.45, 2.75) is 18.1 Å². The second kappa shape index (κ2) is 10.5. The number of hydrogen-bond acceptors (Lipinski definition) is 7. The van der Waals surface area contributed by atoms with Crippen LogP contribution in [-0.2, 0) is 0 Å². The number of aromatic nitrogens is 1. The average molecular weight is 534 g/mol. The van der Waals surface area contributed by atoms with Crippen molar-refractivity contribution in [1.29, 1.82) is 5.26 Å². The molecule has 1 aromatic heterocycles. The van der Waals surface area contributed by atoms with Gasteiger partial charge in [0.05, 0.1) is 33.6 Å². The van der Waals surface area contributed by atoms with Gasteiger partial charge < -0.3 is 25.4 Å². The number of para-hydroxylation sites is 1. The monoisotopic (exact) mass is 533 g/mol. The molecule has 0 radical (unpaired) electrons. The molecular weight excluding hydrogens is 515 g/mol. The number of aliphatic hydroxyl groups excluding tert-OH is 1. The molecular formula is C24H19Cl2F2N5O3. The van der Waals surface area contributed by atoms with Crippen molar-refractivity contribution in [3.8, 4) is 11.8 Å². The molecule has 3 N–H and O–H groups in total. The molecule has 2 aromatic carbocycles. The fourth-order valence-electron chi connectivity index (χ4n) is 3.68. The number of β-amino-alcohol motifs (C(OH)–C–C–N with tert-alkyl or cyclic N) is 1. The number of carbonyl (C=O) groups excluding carboxylic acids is 1. The Morgan fingerprint density at radius 3 is 2.67 bits per heavy atom. The van der Waals surface area contributed by atoms with Crippen LogP contribution < -0.4 is 20.3 Å². The molecule has 0 spiro atoms. The van der Waals surface area contributed by atoms with E-state index in [1.54, 1.807) is 24.3 Å². The number of pyridine rings is 1. The lowest BCUT2D eigenvalue weighted by molar-refractivity contribution is -0.0964. The highest BCUT2D eigenvalue weighted by atomic mass is 35.5. The summed E-state index contributed by atoms with van der Waals surface area (Å²) in [6, 6.07) is 13.7. The van der Waals surface area contributed by atoms with Gasteiger partial charge in [-0.1, -0.05) is 17.7 Å². The van der Waals surface area contributed by atoms with E-state index in [-0.39, 0.29) is 11.3 Å². The molecule has 1 aliphatic rings. The number of nitrogens with zero attached hydrogens (tertiary/aromatic N) is 3. The number of carbonyl (C=O) groups is 1. The number of rotatable bonds is 7. The first kappa shape index (κ1) is 25.4. The van der Waals surface area contributed by atoms with Gasteiger partial charge in [0.15, 0.2) is 5.82 Å². The summed E-state index contributed by atoms with van der Waals surface area (Å²) in [5.74, 6) is -0.212. The smallest absolute Gasteiger partial charge is 0.420 e. The molecule has 1 saturated heterocycles. The van der Waals surface area contributed by atoms with Crippen LogP contribution in [0.5, 0.6) is 5.75 Å². The van der Waals surface area contributed by atoms with Crippen LogP contribution in [0.3, 0.4) is 0 Å². The Labute approximate surface area is 215 Å². The molecule has 3 aromatic rings. The zero-order valence-corrected chi connectivity index (χ0v) is 20.0. The maximum absolute atomic E-state index is 12.9. The number of nitriles is 1. The summed E-state index contributed by atoms with van der Waals surface area (Å²) in [5.41, 5.74) is -2.28. The Kier molecular flexibility index (Phi) is 7.45. The maximum Gasteiger partial charge on any atom is 0.487 e. The second-order valence-electron chi connectivity index (χ2n) is 7.91. The Morgan fingerprint density at radius 2 is 2.03 bits per heavy atom. The molecule has 8 nitrogen and oxygen atoms in total. The molecule has 186 valence electrons. The van der Waals surface area contributed by atoms with Gasteiger partial charge in [-0.3, -0.25) is 4.79 Å². The Bertz CT molecular complexity index is 1310. The average Bonchev–Trinajstić information content (AvgIpc) is 3.26. The van der Waals surface area contributed by atoms with E-state index in [2.05, 4.69) is 26.4 Å². The van der Waals surface area contributed by atoms with E-state index < -0.39 is 17.6 Å². The first-order valence-corrected chi connectivity index (χ1v) is 11.4. The molecule has 1 amide bonds. The quantitative estimate of drug-likeness (QED) is 0.351. The van der Waals surface area contributed by atoms with Gasteiger partial charge in [0.1, 0.15) is 11.8 Å². The summed E-state index contributed by atoms with van der Waals surface area (Å²) in [6.07, 6.45) is 1.43. The van der Waals surface area contributed by atoms with Crippen LogP contribution >= 0.6 is 23.2 Å². The highest BCUT2D eigenvalue weighted by Gasteiger charge is 2.28. The molecule has 2 heterocycles. The lowest BCUT2D eigenvalue weighted by Crippen LogP contribution is -2.24. The van der Waals surface area contributed by atoms with Crippen LogP contribution in [0.25, 0.3) is 0 Å². The summed E-state index contributed by atoms with van der Waals surface area (Å²) in [6.45, 7) is 0.911. The van der Waals surface area contributed by atoms with Crippen molar-refractivity contribution in [3.63, 3.8) is 0 Å². The zero-order valence-electron chi connectivity index (χ0n) is 18.5. The molecule has 12 heteroatoms. The molecule has 1 aliphatic heterocycles. The summed E-state index contributed by atoms with van der Waals surface area (Å²) in [4.78, 5) is 19.2. The lowest BCUT2D eigenvalue weighted by Gasteiger charge is -2.22. The SMILES string of the molecule is N#Cc1cccc(Cl)c1Nc1cc(C(=O)Nc2ccc(OC(F)(F)Cl)cc2)cnc1N1CC[C@@H](O)C1. The minimum absolute atomic E-state index is 0.175. The number of anilines is 4. The second-order valence-corrected chi connectivity index (χ2v) is 8.76. The Morgan fingerprint density at radius 1 is 1.28 bits per heavy atom. The molecule has 0 bridgehead atoms. The summed E-state index contributed by atoms with van der Waals surface area (Å²) >= 11 is 11.1. The first-order chi connectivity index (χ1) is 17.1. The minimum atomic E-state index is -3.85. The van der Waals surface area contributed by atoms with Gasteiger partial charge in [-0.15, -0.1) is 8.78 Å². The minimum Gasteiger partial charge on any atom is -0.420 e. The fourth-order valence-corrected chi connectivity index (χ4v) is 3.99. The Balaban J connectivity index is 1.61. The number of hydrogen-bond donors (Lipinski definition) is 3. The van der Waals surface area contributed by atoms with Gasteiger partial charge in [0.25, 0.3) is 5.91 Å². The van der Waals surface area contributed by atoms with Gasteiger partial charge >= 0.3 is 5.57 Å². The third-order valence-electron chi connectivity index (χ3n) is 5.33. The summed E-state index contributed by atoms with van der Waals surface area (Å²) in [5, 5.41) is 25.6. The van der Waals surface area contributed by atoms with Crippen LogP contribution in [0.1, 0.15) is 22.3 Å². The van der Waals surface area contributed by atoms with Crippen LogP contribution in [0, 0.1) is 11.3 Å². The molecule has 36 heavy (non-hydrogen) atoms. The van der Waals surface area contributed by atoms with E-state index in [0.29, 0.717) is 53.0 Å². The summed E-state index contributed by atoms with van der Waals surface area (Å²) in [7, 11) is 0. The molecule has 1 atom stereocenters. The Hall–Kier alpha value is -3.65. The van der Waals surface area contributed by atoms with Crippen molar-refractivity contribution in [1.82, 2.24) is 4.98 Å². The maximum atomic E-state index is 12.9. The number of amides is 1. The van der Waals surface area contributed by atoms with Crippen molar-refractivity contribution >= 4 is 52.0 Å². The number of aliphatic hydroxyl groups is 1. The highest BCUT2D eigenvalue weighted by Crippen LogP contribution is 2.35. The van der Waals surface area contributed by atoms with Crippen LogP contribution in [0.2, 0.25) is 5.02 Å². The van der Waals surface area contributed by atoms with Gasteiger partial charge in [0.2, 0.25) is 0 Å². The van der Waals surface area contributed by atoms with E-state index in [0.717, 1.165) is 0 Å². The van der Waals surface area contributed by atoms with Crippen LogP contribution in [-0.4, -0.2) is 40.8 Å². The molecule has 0 aliphatic carbocycles. The van der Waals surface area contributed by atoms with Crippen molar-refractivity contribution in [2.24, 2.45) is 0 Å². The van der Waals surface area contributed by atoms with Gasteiger partial charge in [-0.25, -0.2) is 4.98 Å². The van der Waals surface area contributed by atoms with E-state index in [4.69, 9.17) is 23.2 Å². The lowest BCUT2D eigenvalue weighted by atomic mass is 10.1. The third-order valence-corrected chi connectivity index (χ3v) is 5.72. The van der Waals surface area contributed by atoms with Crippen molar-refractivity contribution in [3.05, 3.63) is 70.9 Å². The van der Waals surface area contributed by atoms with Gasteiger partial charge in [-0.2, -0.15) is 5.26 Å². The first-order valence-electron chi connectivity index (χ1n) is 10.7. The third kappa shape index (κ3) is 6.12. The standard InChI is InChI=1S/C24H19Cl2F2N5O3/c25-19-3-1-2-14(11-29)21(19)32-20-10-15(12-30-22(20)33-9-8-17(34)13-33)23(35)31-16-4-6-18(7-5-16)36-24(26,27)28/h1-7,10,12,17,32,34H,8-9,13H2,(H,31,35)/t17-/m1/s1. The zero-order chi connectivity index (χ0) is 25.9. The number of ether oxygens (including phenoxy) is 1. The largest absolute Gasteiger partial charge is 0.487 e. The number of nitrogens with one attached hydrogen (secondary N) is 2. The van der Waals surface area contributed by atoms with E-state index in [9.17, 15) is 23.9 Å². The van der Waals surface area contributed by atoms with E-state index in [1.165, 1.54) is 30.5 Å². The van der Waals surface area contributed by atoms with Gasteiger partial charge in [-0.05, 0) is 48.9 Å². The topological polar surface area (TPSA) is 111 Å². The predicted molar refractivity (Wildman–Crippen MR) is 132 cm³/mol. The molecule has 0 unspecified atom stereocenters. The van der Waals surface area contributed by atoms with Crippen molar-refractivity contribution in [2.75, 3.05) is 28.6 Å². The molecule has 0 saturated carbocycles. The fraction of sp³-hybridized carbons (Fsp3) is 0.208. The van der Waals surface area contributed by atoms with E-state index >= 15 is 0 Å². The molecule has 1 fully saturated rings. The highest BCUT2D eigenvalue weighted by molar-refractivity contribution is 6.33. The van der Waals surface area contributed by atoms with Crippen molar-refractivity contribution < 1.29 is 23.4 Å². The number of benzene rings is 2. The number of alkyl halides is 3. The van der Waals surface area contributed by atoms with E-state index in [1.807, 2.05) is 4.90 Å². The predicted octanol–water partition coefficient (Wildman–Crippen LogP) is 5.34. The molecule has 4 rings (SSSR count). The van der Waals surface area contributed by atoms with Crippen LogP contribution in [0.4, 0.5) is 31.7 Å². The normalized spacial score (nSPS) is 15.3.